The number of hydrogen-bond donors (Lipinski definition) is 1. The number of aromatic nitrogens is 4. The Morgan fingerprint density at radius 2 is 1.73 bits per heavy atom. The highest BCUT2D eigenvalue weighted by Gasteiger charge is 2.31. The van der Waals surface area contributed by atoms with Crippen molar-refractivity contribution < 1.29 is 32.0 Å². The summed E-state index contributed by atoms with van der Waals surface area (Å²) in [5.41, 5.74) is 2.72. The third-order valence-corrected chi connectivity index (χ3v) is 4.90. The Labute approximate surface area is 210 Å². The van der Waals surface area contributed by atoms with E-state index in [4.69, 9.17) is 9.26 Å². The number of ether oxygens (including phenoxy) is 2. The summed E-state index contributed by atoms with van der Waals surface area (Å²) in [5.74, 6) is 0.0289. The number of anilines is 1. The maximum Gasteiger partial charge on any atom is 0.573 e. The van der Waals surface area contributed by atoms with E-state index in [2.05, 4.69) is 25.3 Å². The Morgan fingerprint density at radius 3 is 2.35 bits per heavy atom. The number of benzene rings is 2. The van der Waals surface area contributed by atoms with Gasteiger partial charge in [-0.05, 0) is 75.7 Å². The molecule has 2 aromatic heterocycles. The molecule has 0 aliphatic carbocycles. The smallest absolute Gasteiger partial charge is 0.444 e. The number of amides is 1. The first-order valence-corrected chi connectivity index (χ1v) is 11.2. The molecule has 0 saturated heterocycles. The second kappa shape index (κ2) is 9.96. The predicted octanol–water partition coefficient (Wildman–Crippen LogP) is 6.20. The Morgan fingerprint density at radius 1 is 1.05 bits per heavy atom. The van der Waals surface area contributed by atoms with Gasteiger partial charge in [0.2, 0.25) is 5.82 Å². The molecular formula is C25H24F3N5O4. The summed E-state index contributed by atoms with van der Waals surface area (Å²) in [7, 11) is 0. The highest BCUT2D eigenvalue weighted by Crippen LogP contribution is 2.27. The van der Waals surface area contributed by atoms with Crippen LogP contribution in [-0.2, 0) is 11.3 Å². The van der Waals surface area contributed by atoms with Gasteiger partial charge in [0.05, 0.1) is 6.54 Å². The zero-order valence-electron chi connectivity index (χ0n) is 20.5. The minimum absolute atomic E-state index is 0.171. The standard InChI is InChI=1S/C25H24F3N5O4/c1-15-13-20(22-30-21(32-37-22)17-7-11-19(12-8-17)35-25(26,27)28)31-33(15)14-16-5-9-18(10-6-16)29-23(34)36-24(2,3)4/h5-13H,14H2,1-4H3,(H,29,34). The summed E-state index contributed by atoms with van der Waals surface area (Å²) in [6, 6.07) is 14.2. The van der Waals surface area contributed by atoms with Gasteiger partial charge >= 0.3 is 12.5 Å². The van der Waals surface area contributed by atoms with Gasteiger partial charge in [0.15, 0.2) is 5.69 Å². The van der Waals surface area contributed by atoms with Crippen molar-refractivity contribution in [3.8, 4) is 28.7 Å². The molecule has 0 atom stereocenters. The number of halogens is 3. The summed E-state index contributed by atoms with van der Waals surface area (Å²) < 4.78 is 53.3. The van der Waals surface area contributed by atoms with Crippen LogP contribution in [-0.4, -0.2) is 38.0 Å². The molecule has 4 rings (SSSR count). The molecule has 37 heavy (non-hydrogen) atoms. The number of aryl methyl sites for hydroxylation is 1. The molecule has 2 heterocycles. The monoisotopic (exact) mass is 515 g/mol. The molecule has 9 nitrogen and oxygen atoms in total. The van der Waals surface area contributed by atoms with Crippen molar-refractivity contribution in [2.45, 2.75) is 46.2 Å². The normalized spacial score (nSPS) is 11.9. The van der Waals surface area contributed by atoms with Crippen LogP contribution in [0.4, 0.5) is 23.7 Å². The van der Waals surface area contributed by atoms with Gasteiger partial charge in [-0.3, -0.25) is 10.00 Å². The number of rotatable bonds is 6. The largest absolute Gasteiger partial charge is 0.573 e. The topological polar surface area (TPSA) is 104 Å². The van der Waals surface area contributed by atoms with Crippen molar-refractivity contribution >= 4 is 11.8 Å². The lowest BCUT2D eigenvalue weighted by molar-refractivity contribution is -0.274. The summed E-state index contributed by atoms with van der Waals surface area (Å²) in [4.78, 5) is 16.2. The highest BCUT2D eigenvalue weighted by molar-refractivity contribution is 5.84. The highest BCUT2D eigenvalue weighted by atomic mass is 19.4. The molecule has 0 unspecified atom stereocenters. The Hall–Kier alpha value is -4.35. The minimum atomic E-state index is -4.77. The fourth-order valence-electron chi connectivity index (χ4n) is 3.31. The van der Waals surface area contributed by atoms with Gasteiger partial charge in [0.1, 0.15) is 11.4 Å². The molecule has 0 aliphatic heterocycles. The van der Waals surface area contributed by atoms with Crippen LogP contribution in [0.5, 0.6) is 5.75 Å². The number of alkyl halides is 3. The SMILES string of the molecule is Cc1cc(-c2nc(-c3ccc(OC(F)(F)F)cc3)no2)nn1Cc1ccc(NC(=O)OC(C)(C)C)cc1. The fourth-order valence-corrected chi connectivity index (χ4v) is 3.31. The van der Waals surface area contributed by atoms with E-state index in [1.165, 1.54) is 24.3 Å². The Kier molecular flexibility index (Phi) is 6.92. The van der Waals surface area contributed by atoms with Crippen LogP contribution in [0.1, 0.15) is 32.0 Å². The molecule has 1 amide bonds. The van der Waals surface area contributed by atoms with E-state index >= 15 is 0 Å². The van der Waals surface area contributed by atoms with Crippen LogP contribution in [0.25, 0.3) is 23.0 Å². The summed E-state index contributed by atoms with van der Waals surface area (Å²) in [6.45, 7) is 7.71. The van der Waals surface area contributed by atoms with Gasteiger partial charge in [-0.25, -0.2) is 4.79 Å². The van der Waals surface area contributed by atoms with Gasteiger partial charge in [0, 0.05) is 16.9 Å². The van der Waals surface area contributed by atoms with Crippen LogP contribution in [0.2, 0.25) is 0 Å². The third-order valence-electron chi connectivity index (χ3n) is 4.90. The van der Waals surface area contributed by atoms with Crippen molar-refractivity contribution in [3.63, 3.8) is 0 Å². The number of nitrogens with one attached hydrogen (secondary N) is 1. The molecule has 0 radical (unpaired) electrons. The molecule has 0 fully saturated rings. The molecule has 0 bridgehead atoms. The maximum absolute atomic E-state index is 12.3. The van der Waals surface area contributed by atoms with Crippen LogP contribution in [0.15, 0.2) is 59.1 Å². The molecule has 194 valence electrons. The number of hydrogen-bond acceptors (Lipinski definition) is 7. The lowest BCUT2D eigenvalue weighted by Gasteiger charge is -2.19. The van der Waals surface area contributed by atoms with Gasteiger partial charge in [-0.15, -0.1) is 13.2 Å². The number of carbonyl (C=O) groups is 1. The Bertz CT molecular complexity index is 1370. The fraction of sp³-hybridized carbons (Fsp3) is 0.280. The summed E-state index contributed by atoms with van der Waals surface area (Å²) >= 11 is 0. The first-order chi connectivity index (χ1) is 17.3. The minimum Gasteiger partial charge on any atom is -0.444 e. The van der Waals surface area contributed by atoms with Crippen LogP contribution < -0.4 is 10.1 Å². The van der Waals surface area contributed by atoms with E-state index in [-0.39, 0.29) is 17.5 Å². The lowest BCUT2D eigenvalue weighted by Crippen LogP contribution is -2.27. The molecule has 1 N–H and O–H groups in total. The zero-order chi connectivity index (χ0) is 26.8. The number of carbonyl (C=O) groups excluding carboxylic acids is 1. The third kappa shape index (κ3) is 7.09. The van der Waals surface area contributed by atoms with Gasteiger partial charge in [-0.1, -0.05) is 17.3 Å². The van der Waals surface area contributed by atoms with E-state index in [1.807, 2.05) is 19.1 Å². The molecule has 0 aliphatic rings. The lowest BCUT2D eigenvalue weighted by atomic mass is 10.2. The molecule has 0 spiro atoms. The summed E-state index contributed by atoms with van der Waals surface area (Å²) in [6.07, 6.45) is -5.30. The second-order valence-electron chi connectivity index (χ2n) is 9.15. The first kappa shape index (κ1) is 25.7. The average molecular weight is 515 g/mol. The second-order valence-corrected chi connectivity index (χ2v) is 9.15. The average Bonchev–Trinajstić information content (AvgIpc) is 3.41. The van der Waals surface area contributed by atoms with E-state index in [0.29, 0.717) is 23.5 Å². The van der Waals surface area contributed by atoms with Crippen LogP contribution in [0, 0.1) is 6.92 Å². The van der Waals surface area contributed by atoms with Crippen molar-refractivity contribution in [2.24, 2.45) is 0 Å². The Balaban J connectivity index is 1.42. The molecule has 0 saturated carbocycles. The van der Waals surface area contributed by atoms with Gasteiger partial charge in [-0.2, -0.15) is 10.1 Å². The van der Waals surface area contributed by atoms with Crippen molar-refractivity contribution in [1.82, 2.24) is 19.9 Å². The number of nitrogens with zero attached hydrogens (tertiary/aromatic N) is 4. The van der Waals surface area contributed by atoms with Crippen LogP contribution >= 0.6 is 0 Å². The van der Waals surface area contributed by atoms with E-state index in [1.54, 1.807) is 43.7 Å². The molecule has 2 aromatic carbocycles. The first-order valence-electron chi connectivity index (χ1n) is 11.2. The zero-order valence-corrected chi connectivity index (χ0v) is 20.5. The van der Waals surface area contributed by atoms with E-state index in [0.717, 1.165) is 11.3 Å². The molecule has 4 aromatic rings. The van der Waals surface area contributed by atoms with E-state index in [9.17, 15) is 18.0 Å². The molecular weight excluding hydrogens is 491 g/mol. The van der Waals surface area contributed by atoms with Crippen LogP contribution in [0.3, 0.4) is 0 Å². The summed E-state index contributed by atoms with van der Waals surface area (Å²) in [5, 5.41) is 11.1. The van der Waals surface area contributed by atoms with Gasteiger partial charge < -0.3 is 14.0 Å². The quantitative estimate of drug-likeness (QED) is 0.326. The van der Waals surface area contributed by atoms with Gasteiger partial charge in [0.25, 0.3) is 5.89 Å². The van der Waals surface area contributed by atoms with Crippen molar-refractivity contribution in [2.75, 3.05) is 5.32 Å². The van der Waals surface area contributed by atoms with Crippen molar-refractivity contribution in [1.29, 1.82) is 0 Å². The maximum atomic E-state index is 12.3. The predicted molar refractivity (Wildman–Crippen MR) is 128 cm³/mol. The molecule has 12 heteroatoms. The van der Waals surface area contributed by atoms with E-state index < -0.39 is 18.1 Å². The van der Waals surface area contributed by atoms with Crippen molar-refractivity contribution in [3.05, 3.63) is 65.9 Å².